The number of rotatable bonds is 6. The van der Waals surface area contributed by atoms with Crippen LogP contribution in [0.15, 0.2) is 24.3 Å². The van der Waals surface area contributed by atoms with Gasteiger partial charge in [-0.05, 0) is 36.3 Å². The summed E-state index contributed by atoms with van der Waals surface area (Å²) in [5.74, 6) is 1.91. The van der Waals surface area contributed by atoms with Crippen LogP contribution in [0.3, 0.4) is 0 Å². The first-order chi connectivity index (χ1) is 9.31. The lowest BCUT2D eigenvalue weighted by molar-refractivity contribution is 0.112. The molecule has 0 heterocycles. The van der Waals surface area contributed by atoms with Gasteiger partial charge in [0, 0.05) is 5.56 Å². The average Bonchev–Trinajstić information content (AvgIpc) is 2.47. The van der Waals surface area contributed by atoms with E-state index in [0.717, 1.165) is 30.1 Å². The van der Waals surface area contributed by atoms with E-state index in [1.807, 2.05) is 18.2 Å². The van der Waals surface area contributed by atoms with E-state index >= 15 is 0 Å². The molecule has 1 heteroatoms. The molecule has 0 amide bonds. The van der Waals surface area contributed by atoms with Crippen molar-refractivity contribution in [2.75, 3.05) is 0 Å². The maximum atomic E-state index is 10.8. The number of aldehydes is 1. The Morgan fingerprint density at radius 2 is 1.79 bits per heavy atom. The maximum absolute atomic E-state index is 10.8. The molecule has 1 aliphatic carbocycles. The van der Waals surface area contributed by atoms with Crippen molar-refractivity contribution >= 4 is 6.29 Å². The Morgan fingerprint density at radius 1 is 1.11 bits per heavy atom. The fourth-order valence-electron chi connectivity index (χ4n) is 3.41. The Bertz CT molecular complexity index is 388. The first-order valence-corrected chi connectivity index (χ1v) is 7.86. The van der Waals surface area contributed by atoms with Gasteiger partial charge in [0.05, 0.1) is 0 Å². The molecule has 19 heavy (non-hydrogen) atoms. The molecular weight excluding hydrogens is 232 g/mol. The Labute approximate surface area is 117 Å². The summed E-state index contributed by atoms with van der Waals surface area (Å²) in [5.41, 5.74) is 2.13. The topological polar surface area (TPSA) is 17.1 Å². The third kappa shape index (κ3) is 4.49. The number of carbonyl (C=O) groups is 1. The molecule has 1 aromatic rings. The summed E-state index contributed by atoms with van der Waals surface area (Å²) in [5, 5.41) is 0. The highest BCUT2D eigenvalue weighted by Crippen LogP contribution is 2.33. The van der Waals surface area contributed by atoms with Crippen LogP contribution in [0.1, 0.15) is 67.8 Å². The van der Waals surface area contributed by atoms with Crippen molar-refractivity contribution in [1.29, 1.82) is 0 Å². The third-order valence-electron chi connectivity index (χ3n) is 4.59. The number of hydrogen-bond acceptors (Lipinski definition) is 1. The van der Waals surface area contributed by atoms with Gasteiger partial charge in [0.25, 0.3) is 0 Å². The average molecular weight is 258 g/mol. The van der Waals surface area contributed by atoms with Gasteiger partial charge in [0.15, 0.2) is 0 Å². The number of benzene rings is 1. The zero-order chi connectivity index (χ0) is 13.5. The molecule has 104 valence electrons. The molecule has 1 saturated carbocycles. The quantitative estimate of drug-likeness (QED) is 0.653. The van der Waals surface area contributed by atoms with E-state index in [9.17, 15) is 4.79 Å². The van der Waals surface area contributed by atoms with E-state index in [-0.39, 0.29) is 0 Å². The van der Waals surface area contributed by atoms with Crippen LogP contribution in [0, 0.1) is 11.8 Å². The standard InChI is InChI=1S/C18H26O/c1-2-4-15-7-9-16(10-8-15)11-12-17-5-3-6-18(13-17)14-19/h3,5-6,13-16H,2,4,7-12H2,1H3. The van der Waals surface area contributed by atoms with Crippen LogP contribution in [0.4, 0.5) is 0 Å². The van der Waals surface area contributed by atoms with E-state index in [4.69, 9.17) is 0 Å². The van der Waals surface area contributed by atoms with Crippen molar-refractivity contribution in [2.45, 2.75) is 58.3 Å². The van der Waals surface area contributed by atoms with Crippen LogP contribution in [-0.2, 0) is 6.42 Å². The van der Waals surface area contributed by atoms with Crippen LogP contribution < -0.4 is 0 Å². The minimum Gasteiger partial charge on any atom is -0.298 e. The Balaban J connectivity index is 1.75. The summed E-state index contributed by atoms with van der Waals surface area (Å²) in [6, 6.07) is 8.06. The SMILES string of the molecule is CCCC1CCC(CCc2cccc(C=O)c2)CC1. The first-order valence-electron chi connectivity index (χ1n) is 7.86. The summed E-state index contributed by atoms with van der Waals surface area (Å²) < 4.78 is 0. The van der Waals surface area contributed by atoms with E-state index in [1.165, 1.54) is 50.5 Å². The van der Waals surface area contributed by atoms with Gasteiger partial charge < -0.3 is 0 Å². The highest BCUT2D eigenvalue weighted by Gasteiger charge is 2.20. The van der Waals surface area contributed by atoms with Gasteiger partial charge in [-0.15, -0.1) is 0 Å². The van der Waals surface area contributed by atoms with Gasteiger partial charge in [0.1, 0.15) is 6.29 Å². The highest BCUT2D eigenvalue weighted by molar-refractivity contribution is 5.74. The van der Waals surface area contributed by atoms with Crippen molar-refractivity contribution < 1.29 is 4.79 Å². The molecule has 0 bridgehead atoms. The van der Waals surface area contributed by atoms with Crippen LogP contribution >= 0.6 is 0 Å². The number of carbonyl (C=O) groups excluding carboxylic acids is 1. The largest absolute Gasteiger partial charge is 0.298 e. The Morgan fingerprint density at radius 3 is 2.42 bits per heavy atom. The molecule has 0 aliphatic heterocycles. The van der Waals surface area contributed by atoms with Gasteiger partial charge in [-0.3, -0.25) is 4.79 Å². The van der Waals surface area contributed by atoms with Gasteiger partial charge in [-0.25, -0.2) is 0 Å². The molecular formula is C18H26O. The van der Waals surface area contributed by atoms with Crippen molar-refractivity contribution in [1.82, 2.24) is 0 Å². The maximum Gasteiger partial charge on any atom is 0.150 e. The van der Waals surface area contributed by atoms with Crippen LogP contribution in [-0.4, -0.2) is 6.29 Å². The summed E-state index contributed by atoms with van der Waals surface area (Å²) >= 11 is 0. The molecule has 2 rings (SSSR count). The highest BCUT2D eigenvalue weighted by atomic mass is 16.1. The second-order valence-corrected chi connectivity index (χ2v) is 6.08. The van der Waals surface area contributed by atoms with Gasteiger partial charge in [-0.2, -0.15) is 0 Å². The van der Waals surface area contributed by atoms with E-state index in [2.05, 4.69) is 13.0 Å². The van der Waals surface area contributed by atoms with Crippen molar-refractivity contribution in [3.05, 3.63) is 35.4 Å². The Hall–Kier alpha value is -1.11. The lowest BCUT2D eigenvalue weighted by atomic mass is 9.78. The van der Waals surface area contributed by atoms with Crippen LogP contribution in [0.5, 0.6) is 0 Å². The molecule has 0 atom stereocenters. The third-order valence-corrected chi connectivity index (χ3v) is 4.59. The summed E-state index contributed by atoms with van der Waals surface area (Å²) in [6.45, 7) is 2.30. The van der Waals surface area contributed by atoms with Gasteiger partial charge >= 0.3 is 0 Å². The predicted octanol–water partition coefficient (Wildman–Crippen LogP) is 5.04. The summed E-state index contributed by atoms with van der Waals surface area (Å²) in [4.78, 5) is 10.8. The Kier molecular flexibility index (Phi) is 5.62. The molecule has 0 unspecified atom stereocenters. The molecule has 1 nitrogen and oxygen atoms in total. The fourth-order valence-corrected chi connectivity index (χ4v) is 3.41. The first kappa shape index (κ1) is 14.3. The molecule has 1 fully saturated rings. The fraction of sp³-hybridized carbons (Fsp3) is 0.611. The molecule has 1 aliphatic rings. The number of aryl methyl sites for hydroxylation is 1. The van der Waals surface area contributed by atoms with Gasteiger partial charge in [0.2, 0.25) is 0 Å². The van der Waals surface area contributed by atoms with E-state index in [0.29, 0.717) is 0 Å². The second-order valence-electron chi connectivity index (χ2n) is 6.08. The van der Waals surface area contributed by atoms with Crippen molar-refractivity contribution in [3.63, 3.8) is 0 Å². The minimum atomic E-state index is 0.809. The van der Waals surface area contributed by atoms with Crippen molar-refractivity contribution in [3.8, 4) is 0 Å². The molecule has 0 aromatic heterocycles. The second kappa shape index (κ2) is 7.47. The van der Waals surface area contributed by atoms with E-state index < -0.39 is 0 Å². The predicted molar refractivity (Wildman–Crippen MR) is 80.5 cm³/mol. The monoisotopic (exact) mass is 258 g/mol. The summed E-state index contributed by atoms with van der Waals surface area (Å²) in [7, 11) is 0. The number of hydrogen-bond donors (Lipinski definition) is 0. The molecule has 0 radical (unpaired) electrons. The van der Waals surface area contributed by atoms with Gasteiger partial charge in [-0.1, -0.05) is 63.6 Å². The molecule has 0 saturated heterocycles. The normalized spacial score (nSPS) is 23.2. The molecule has 0 spiro atoms. The van der Waals surface area contributed by atoms with E-state index in [1.54, 1.807) is 0 Å². The molecule has 1 aromatic carbocycles. The zero-order valence-corrected chi connectivity index (χ0v) is 12.1. The molecule has 0 N–H and O–H groups in total. The van der Waals surface area contributed by atoms with Crippen LogP contribution in [0.2, 0.25) is 0 Å². The summed E-state index contributed by atoms with van der Waals surface area (Å²) in [6.07, 6.45) is 11.8. The lowest BCUT2D eigenvalue weighted by Crippen LogP contribution is -2.15. The minimum absolute atomic E-state index is 0.809. The van der Waals surface area contributed by atoms with Crippen LogP contribution in [0.25, 0.3) is 0 Å². The zero-order valence-electron chi connectivity index (χ0n) is 12.1. The lowest BCUT2D eigenvalue weighted by Gasteiger charge is -2.28. The van der Waals surface area contributed by atoms with Crippen molar-refractivity contribution in [2.24, 2.45) is 11.8 Å². The smallest absolute Gasteiger partial charge is 0.150 e.